The van der Waals surface area contributed by atoms with Gasteiger partial charge in [0.25, 0.3) is 0 Å². The molecule has 0 aromatic heterocycles. The average Bonchev–Trinajstić information content (AvgIpc) is 2.25. The summed E-state index contributed by atoms with van der Waals surface area (Å²) in [5, 5.41) is 11.2. The molecule has 8 bridgehead atoms. The second kappa shape index (κ2) is 2.42. The highest BCUT2D eigenvalue weighted by molar-refractivity contribution is 9.10. The molecule has 1 nitrogen and oxygen atoms in total. The molecule has 1 N–H and O–H groups in total. The first-order valence-corrected chi connectivity index (χ1v) is 7.82. The smallest absolute Gasteiger partial charge is 0.0836 e. The van der Waals surface area contributed by atoms with E-state index in [1.807, 2.05) is 0 Å². The van der Waals surface area contributed by atoms with E-state index in [1.165, 1.54) is 32.1 Å². The van der Waals surface area contributed by atoms with E-state index in [4.69, 9.17) is 0 Å². The molecule has 0 aromatic rings. The Hall–Kier alpha value is 0.440. The Balaban J connectivity index is 1.77. The first-order valence-electron chi connectivity index (χ1n) is 7.03. The van der Waals surface area contributed by atoms with Gasteiger partial charge in [-0.25, -0.2) is 0 Å². The Labute approximate surface area is 105 Å². The number of hydrogen-bond donors (Lipinski definition) is 1. The summed E-state index contributed by atoms with van der Waals surface area (Å²) in [6, 6.07) is 0. The van der Waals surface area contributed by atoms with Crippen molar-refractivity contribution in [2.75, 3.05) is 0 Å². The van der Waals surface area contributed by atoms with Crippen molar-refractivity contribution in [2.45, 2.75) is 48.5 Å². The van der Waals surface area contributed by atoms with Crippen molar-refractivity contribution in [2.24, 2.45) is 35.5 Å². The zero-order valence-corrected chi connectivity index (χ0v) is 11.1. The lowest BCUT2D eigenvalue weighted by molar-refractivity contribution is -0.270. The Kier molecular flexibility index (Phi) is 1.42. The normalized spacial score (nSPS) is 73.9. The van der Waals surface area contributed by atoms with Crippen LogP contribution >= 0.6 is 15.9 Å². The topological polar surface area (TPSA) is 20.2 Å². The third-order valence-electron chi connectivity index (χ3n) is 7.08. The van der Waals surface area contributed by atoms with Crippen LogP contribution in [-0.2, 0) is 0 Å². The molecule has 0 heterocycles. The molecule has 0 radical (unpaired) electrons. The molecule has 7 rings (SSSR count). The van der Waals surface area contributed by atoms with E-state index in [0.717, 1.165) is 36.0 Å². The lowest BCUT2D eigenvalue weighted by Crippen LogP contribution is -2.77. The summed E-state index contributed by atoms with van der Waals surface area (Å²) < 4.78 is 0.129. The highest BCUT2D eigenvalue weighted by Gasteiger charge is 2.75. The van der Waals surface area contributed by atoms with E-state index in [2.05, 4.69) is 15.9 Å². The Morgan fingerprint density at radius 3 is 2.31 bits per heavy atom. The van der Waals surface area contributed by atoms with E-state index in [-0.39, 0.29) is 9.93 Å². The molecule has 2 heteroatoms. The predicted molar refractivity (Wildman–Crippen MR) is 65.2 cm³/mol. The van der Waals surface area contributed by atoms with Crippen molar-refractivity contribution >= 4 is 15.9 Å². The van der Waals surface area contributed by atoms with Crippen LogP contribution in [0.2, 0.25) is 0 Å². The first kappa shape index (κ1) is 9.38. The molecule has 16 heavy (non-hydrogen) atoms. The van der Waals surface area contributed by atoms with Gasteiger partial charge in [0, 0.05) is 0 Å². The van der Waals surface area contributed by atoms with E-state index in [9.17, 15) is 5.11 Å². The van der Waals surface area contributed by atoms with Crippen molar-refractivity contribution in [3.63, 3.8) is 0 Å². The maximum absolute atomic E-state index is 11.2. The SMILES string of the molecule is OC12CC3CC4C5CC(CC41)CC2(Br)C5C3. The first-order chi connectivity index (χ1) is 7.62. The van der Waals surface area contributed by atoms with Gasteiger partial charge in [-0.3, -0.25) is 0 Å². The summed E-state index contributed by atoms with van der Waals surface area (Å²) in [6.07, 6.45) is 8.06. The fourth-order valence-corrected chi connectivity index (χ4v) is 8.29. The van der Waals surface area contributed by atoms with Crippen LogP contribution in [0.25, 0.3) is 0 Å². The van der Waals surface area contributed by atoms with Gasteiger partial charge in [-0.1, -0.05) is 15.9 Å². The van der Waals surface area contributed by atoms with Gasteiger partial charge < -0.3 is 5.11 Å². The molecule has 8 unspecified atom stereocenters. The maximum Gasteiger partial charge on any atom is 0.0836 e. The highest BCUT2D eigenvalue weighted by atomic mass is 79.9. The fraction of sp³-hybridized carbons (Fsp3) is 1.00. The zero-order chi connectivity index (χ0) is 10.7. The van der Waals surface area contributed by atoms with Crippen LogP contribution in [-0.4, -0.2) is 15.0 Å². The van der Waals surface area contributed by atoms with Crippen molar-refractivity contribution in [3.05, 3.63) is 0 Å². The van der Waals surface area contributed by atoms with Crippen LogP contribution in [0.4, 0.5) is 0 Å². The molecular formula is C14H19BrO. The molecule has 88 valence electrons. The predicted octanol–water partition coefficient (Wildman–Crippen LogP) is 2.96. The quantitative estimate of drug-likeness (QED) is 0.678. The van der Waals surface area contributed by atoms with Crippen LogP contribution in [0.3, 0.4) is 0 Å². The lowest BCUT2D eigenvalue weighted by Gasteiger charge is -2.76. The molecule has 8 atom stereocenters. The highest BCUT2D eigenvalue weighted by Crippen LogP contribution is 2.76. The van der Waals surface area contributed by atoms with Crippen LogP contribution in [0.15, 0.2) is 0 Å². The maximum atomic E-state index is 11.2. The standard InChI is InChI=1S/C14H19BrO/c15-13-5-7-1-9-10-2-8(3-11(9)13)6-14(13,16)12(10)4-7/h7-12,16H,1-6H2. The molecular weight excluding hydrogens is 264 g/mol. The Morgan fingerprint density at radius 2 is 1.50 bits per heavy atom. The number of aliphatic hydroxyl groups is 1. The second-order valence-electron chi connectivity index (χ2n) is 7.41. The monoisotopic (exact) mass is 282 g/mol. The van der Waals surface area contributed by atoms with Crippen LogP contribution in [0, 0.1) is 35.5 Å². The van der Waals surface area contributed by atoms with Crippen LogP contribution < -0.4 is 0 Å². The molecule has 7 saturated carbocycles. The van der Waals surface area contributed by atoms with Crippen LogP contribution in [0.5, 0.6) is 0 Å². The summed E-state index contributed by atoms with van der Waals surface area (Å²) in [7, 11) is 0. The summed E-state index contributed by atoms with van der Waals surface area (Å²) in [6.45, 7) is 0. The van der Waals surface area contributed by atoms with E-state index in [1.54, 1.807) is 0 Å². The third-order valence-corrected chi connectivity index (χ3v) is 8.67. The lowest BCUT2D eigenvalue weighted by atomic mass is 9.34. The third kappa shape index (κ3) is 0.738. The van der Waals surface area contributed by atoms with Crippen LogP contribution in [0.1, 0.15) is 38.5 Å². The Bertz CT molecular complexity index is 347. The Morgan fingerprint density at radius 1 is 0.875 bits per heavy atom. The van der Waals surface area contributed by atoms with Gasteiger partial charge in [0.1, 0.15) is 0 Å². The molecule has 7 aliphatic rings. The minimum Gasteiger partial charge on any atom is -0.388 e. The molecule has 0 spiro atoms. The van der Waals surface area contributed by atoms with Gasteiger partial charge in [-0.15, -0.1) is 0 Å². The number of hydrogen-bond acceptors (Lipinski definition) is 1. The fourth-order valence-electron chi connectivity index (χ4n) is 6.85. The summed E-state index contributed by atoms with van der Waals surface area (Å²) >= 11 is 4.05. The molecule has 0 aromatic carbocycles. The number of halogens is 1. The van der Waals surface area contributed by atoms with Gasteiger partial charge in [-0.2, -0.15) is 0 Å². The van der Waals surface area contributed by atoms with Gasteiger partial charge in [0.15, 0.2) is 0 Å². The molecule has 0 saturated heterocycles. The summed E-state index contributed by atoms with van der Waals surface area (Å²) in [5.41, 5.74) is -0.322. The van der Waals surface area contributed by atoms with Crippen molar-refractivity contribution in [1.82, 2.24) is 0 Å². The van der Waals surface area contributed by atoms with E-state index in [0.29, 0.717) is 5.92 Å². The van der Waals surface area contributed by atoms with E-state index >= 15 is 0 Å². The molecule has 0 amide bonds. The minimum atomic E-state index is -0.322. The van der Waals surface area contributed by atoms with Gasteiger partial charge in [0.2, 0.25) is 0 Å². The van der Waals surface area contributed by atoms with Gasteiger partial charge >= 0.3 is 0 Å². The van der Waals surface area contributed by atoms with Gasteiger partial charge in [-0.05, 0) is 74.0 Å². The van der Waals surface area contributed by atoms with Gasteiger partial charge in [0.05, 0.1) is 9.93 Å². The molecule has 0 aliphatic heterocycles. The average molecular weight is 283 g/mol. The van der Waals surface area contributed by atoms with Crippen molar-refractivity contribution in [3.8, 4) is 0 Å². The minimum absolute atomic E-state index is 0.129. The van der Waals surface area contributed by atoms with E-state index < -0.39 is 0 Å². The second-order valence-corrected chi connectivity index (χ2v) is 8.83. The molecule has 7 fully saturated rings. The molecule has 7 aliphatic carbocycles. The van der Waals surface area contributed by atoms with Crippen molar-refractivity contribution < 1.29 is 5.11 Å². The number of rotatable bonds is 0. The summed E-state index contributed by atoms with van der Waals surface area (Å²) in [4.78, 5) is 0. The zero-order valence-electron chi connectivity index (χ0n) is 9.53. The largest absolute Gasteiger partial charge is 0.388 e. The number of alkyl halides is 1. The van der Waals surface area contributed by atoms with Crippen molar-refractivity contribution in [1.29, 1.82) is 0 Å². The summed E-state index contributed by atoms with van der Waals surface area (Å²) in [5.74, 6) is 5.10.